The van der Waals surface area contributed by atoms with Crippen LogP contribution in [0.5, 0.6) is 5.75 Å². The molecule has 0 aromatic heterocycles. The number of nitrogens with one attached hydrogen (secondary N) is 1. The van der Waals surface area contributed by atoms with Gasteiger partial charge in [0.05, 0.1) is 17.3 Å². The summed E-state index contributed by atoms with van der Waals surface area (Å²) in [5.74, 6) is -6.77. The molecule has 4 atom stereocenters. The number of phenolic OH excluding ortho intramolecular Hbond substituents is 1. The Morgan fingerprint density at radius 2 is 1.82 bits per heavy atom. The normalized spacial score (nSPS) is 27.8. The minimum atomic E-state index is -2.66. The Labute approximate surface area is 220 Å². The zero-order chi connectivity index (χ0) is 28.5. The van der Waals surface area contributed by atoms with E-state index in [1.54, 1.807) is 27.1 Å². The number of aliphatic hydroxyl groups excluding tert-OH is 2. The fourth-order valence-corrected chi connectivity index (χ4v) is 5.90. The van der Waals surface area contributed by atoms with E-state index in [-0.39, 0.29) is 35.3 Å². The standard InChI is InChI=1S/C27H34N4O7/c1-11(29-30-26(2,3)4)13-7-8-16(32)18-14(13)9-12-10-15-20(31(5)6)22(34)19(25(28)37)24(36)27(15,38)23(35)17(12)21(18)33/h7-8,12,15,20,30,32,34-35,38H,9-10H2,1-6H3,(H2,28,37)/b29-11+/t12-,15-,20-,27-/m0/s1. The lowest BCUT2D eigenvalue weighted by atomic mass is 9.58. The van der Waals surface area contributed by atoms with Gasteiger partial charge in [0, 0.05) is 22.6 Å². The molecule has 3 aliphatic carbocycles. The van der Waals surface area contributed by atoms with Crippen molar-refractivity contribution in [2.75, 3.05) is 14.1 Å². The first kappa shape index (κ1) is 27.3. The molecule has 11 nitrogen and oxygen atoms in total. The highest BCUT2D eigenvalue weighted by Crippen LogP contribution is 2.52. The Morgan fingerprint density at radius 3 is 2.37 bits per heavy atom. The molecule has 204 valence electrons. The van der Waals surface area contributed by atoms with Crippen molar-refractivity contribution in [2.45, 2.75) is 57.7 Å². The number of carbonyl (C=O) groups excluding carboxylic acids is 3. The summed E-state index contributed by atoms with van der Waals surface area (Å²) in [6.07, 6.45) is 0.220. The maximum absolute atomic E-state index is 13.8. The number of Topliss-reactive ketones (excluding diaryl/α,β-unsaturated/α-hetero) is 2. The summed E-state index contributed by atoms with van der Waals surface area (Å²) in [6.45, 7) is 7.61. The van der Waals surface area contributed by atoms with Gasteiger partial charge in [0.2, 0.25) is 5.78 Å². The number of aliphatic hydroxyl groups is 3. The molecule has 0 heterocycles. The minimum Gasteiger partial charge on any atom is -0.510 e. The van der Waals surface area contributed by atoms with Crippen LogP contribution in [0, 0.1) is 11.8 Å². The van der Waals surface area contributed by atoms with Gasteiger partial charge in [-0.25, -0.2) is 0 Å². The SMILES string of the molecule is C/C(=N\NC(C)(C)C)c1ccc(O)c2c1C[C@H]1C[C@H]3[C@H](N(C)C)C(O)=C(C(N)=O)C(=O)[C@@]3(O)C(O)=C1C2=O. The summed E-state index contributed by atoms with van der Waals surface area (Å²) in [4.78, 5) is 40.7. The topological polar surface area (TPSA) is 186 Å². The maximum Gasteiger partial charge on any atom is 0.255 e. The number of likely N-dealkylation sites (N-methyl/N-ethyl adjacent to an activating group) is 1. The number of primary amides is 1. The summed E-state index contributed by atoms with van der Waals surface area (Å²) < 4.78 is 0. The first-order valence-electron chi connectivity index (χ1n) is 12.3. The van der Waals surface area contributed by atoms with Crippen molar-refractivity contribution >= 4 is 23.2 Å². The number of nitrogens with zero attached hydrogens (tertiary/aromatic N) is 2. The number of ketones is 2. The first-order chi connectivity index (χ1) is 17.5. The molecular formula is C27H34N4O7. The quantitative estimate of drug-likeness (QED) is 0.191. The van der Waals surface area contributed by atoms with Crippen LogP contribution in [0.1, 0.15) is 55.6 Å². The van der Waals surface area contributed by atoms with Crippen molar-refractivity contribution in [3.63, 3.8) is 0 Å². The van der Waals surface area contributed by atoms with Gasteiger partial charge in [-0.15, -0.1) is 0 Å². The largest absolute Gasteiger partial charge is 0.510 e. The number of hydrogen-bond acceptors (Lipinski definition) is 10. The van der Waals surface area contributed by atoms with Gasteiger partial charge in [0.15, 0.2) is 11.4 Å². The smallest absolute Gasteiger partial charge is 0.255 e. The van der Waals surface area contributed by atoms with E-state index in [1.165, 1.54) is 11.0 Å². The van der Waals surface area contributed by atoms with Gasteiger partial charge in [0.25, 0.3) is 5.91 Å². The van der Waals surface area contributed by atoms with Crippen LogP contribution in [0.15, 0.2) is 39.9 Å². The van der Waals surface area contributed by atoms with Crippen molar-refractivity contribution in [3.8, 4) is 5.75 Å². The van der Waals surface area contributed by atoms with E-state index in [2.05, 4.69) is 10.5 Å². The molecule has 7 N–H and O–H groups in total. The molecule has 11 heteroatoms. The summed E-state index contributed by atoms with van der Waals surface area (Å²) in [7, 11) is 3.18. The zero-order valence-electron chi connectivity index (χ0n) is 22.3. The van der Waals surface area contributed by atoms with Crippen LogP contribution in [-0.2, 0) is 16.0 Å². The highest BCUT2D eigenvalue weighted by molar-refractivity contribution is 6.25. The lowest BCUT2D eigenvalue weighted by Gasteiger charge is -2.50. The fraction of sp³-hybridized carbons (Fsp3) is 0.481. The lowest BCUT2D eigenvalue weighted by molar-refractivity contribution is -0.148. The molecule has 1 aromatic rings. The third-order valence-corrected chi connectivity index (χ3v) is 7.55. The molecule has 0 bridgehead atoms. The number of phenols is 1. The first-order valence-corrected chi connectivity index (χ1v) is 12.3. The summed E-state index contributed by atoms with van der Waals surface area (Å²) in [5, 5.41) is 49.0. The van der Waals surface area contributed by atoms with Crippen LogP contribution >= 0.6 is 0 Å². The molecule has 0 unspecified atom stereocenters. The molecule has 0 radical (unpaired) electrons. The van der Waals surface area contributed by atoms with Gasteiger partial charge in [-0.05, 0) is 78.2 Å². The Bertz CT molecular complexity index is 1350. The molecule has 1 aromatic carbocycles. The van der Waals surface area contributed by atoms with Gasteiger partial charge in [-0.2, -0.15) is 5.10 Å². The zero-order valence-corrected chi connectivity index (χ0v) is 22.3. The van der Waals surface area contributed by atoms with Gasteiger partial charge < -0.3 is 31.6 Å². The number of carbonyl (C=O) groups is 3. The second-order valence-electron chi connectivity index (χ2n) is 11.5. The van der Waals surface area contributed by atoms with Crippen LogP contribution < -0.4 is 11.2 Å². The Morgan fingerprint density at radius 1 is 1.18 bits per heavy atom. The van der Waals surface area contributed by atoms with Crippen molar-refractivity contribution in [1.29, 1.82) is 0 Å². The maximum atomic E-state index is 13.8. The summed E-state index contributed by atoms with van der Waals surface area (Å²) >= 11 is 0. The van der Waals surface area contributed by atoms with Crippen LogP contribution in [-0.4, -0.2) is 79.8 Å². The Kier molecular flexibility index (Phi) is 6.44. The molecule has 38 heavy (non-hydrogen) atoms. The molecule has 0 saturated carbocycles. The number of nitrogens with two attached hydrogens (primary N) is 1. The second-order valence-corrected chi connectivity index (χ2v) is 11.5. The average molecular weight is 527 g/mol. The number of aromatic hydroxyl groups is 1. The van der Waals surface area contributed by atoms with Gasteiger partial charge in [-0.3, -0.25) is 19.3 Å². The predicted octanol–water partition coefficient (Wildman–Crippen LogP) is 1.23. The van der Waals surface area contributed by atoms with Gasteiger partial charge >= 0.3 is 0 Å². The monoisotopic (exact) mass is 526 g/mol. The Hall–Kier alpha value is -3.70. The van der Waals surface area contributed by atoms with E-state index >= 15 is 0 Å². The average Bonchev–Trinajstić information content (AvgIpc) is 2.79. The highest BCUT2D eigenvalue weighted by Gasteiger charge is 2.63. The number of hydrazone groups is 1. The second kappa shape index (κ2) is 8.95. The van der Waals surface area contributed by atoms with E-state index in [4.69, 9.17) is 5.73 Å². The number of allylic oxidation sites excluding steroid dienone is 1. The fourth-order valence-electron chi connectivity index (χ4n) is 5.90. The van der Waals surface area contributed by atoms with Crippen molar-refractivity contribution in [3.05, 3.63) is 51.5 Å². The highest BCUT2D eigenvalue weighted by atomic mass is 16.3. The molecular weight excluding hydrogens is 492 g/mol. The van der Waals surface area contributed by atoms with Crippen LogP contribution in [0.4, 0.5) is 0 Å². The molecule has 0 fully saturated rings. The number of amides is 1. The van der Waals surface area contributed by atoms with E-state index in [0.717, 1.165) is 0 Å². The van der Waals surface area contributed by atoms with Gasteiger partial charge in [0.1, 0.15) is 22.8 Å². The molecule has 0 saturated heterocycles. The van der Waals surface area contributed by atoms with E-state index in [0.29, 0.717) is 16.8 Å². The number of fused-ring (bicyclic) bond motifs is 3. The van der Waals surface area contributed by atoms with E-state index in [9.17, 15) is 34.8 Å². The molecule has 0 spiro atoms. The van der Waals surface area contributed by atoms with E-state index in [1.807, 2.05) is 20.8 Å². The third-order valence-electron chi connectivity index (χ3n) is 7.55. The number of benzene rings is 1. The lowest BCUT2D eigenvalue weighted by Crippen LogP contribution is -2.63. The van der Waals surface area contributed by atoms with E-state index < -0.39 is 58.0 Å². The summed E-state index contributed by atoms with van der Waals surface area (Å²) in [6, 6.07) is 1.99. The number of rotatable bonds is 4. The molecule has 0 aliphatic heterocycles. The minimum absolute atomic E-state index is 0.0251. The molecule has 4 rings (SSSR count). The van der Waals surface area contributed by atoms with Gasteiger partial charge in [-0.1, -0.05) is 0 Å². The summed E-state index contributed by atoms with van der Waals surface area (Å²) in [5.41, 5.74) is 6.10. The molecule has 1 amide bonds. The van der Waals surface area contributed by atoms with Crippen molar-refractivity contribution < 1.29 is 34.8 Å². The molecule has 3 aliphatic rings. The van der Waals surface area contributed by atoms with Crippen LogP contribution in [0.2, 0.25) is 0 Å². The Balaban J connectivity index is 1.91. The van der Waals surface area contributed by atoms with Crippen LogP contribution in [0.25, 0.3) is 0 Å². The van der Waals surface area contributed by atoms with Crippen molar-refractivity contribution in [1.82, 2.24) is 10.3 Å². The van der Waals surface area contributed by atoms with Crippen LogP contribution in [0.3, 0.4) is 0 Å². The van der Waals surface area contributed by atoms with Crippen molar-refractivity contribution in [2.24, 2.45) is 22.7 Å². The number of hydrogen-bond donors (Lipinski definition) is 6. The predicted molar refractivity (Wildman–Crippen MR) is 139 cm³/mol. The third kappa shape index (κ3) is 3.97.